The molecule has 0 unspecified atom stereocenters. The van der Waals surface area contributed by atoms with Gasteiger partial charge in [-0.2, -0.15) is 5.26 Å². The van der Waals surface area contributed by atoms with E-state index >= 15 is 0 Å². The first-order valence-corrected chi connectivity index (χ1v) is 8.39. The number of nitrogens with one attached hydrogen (secondary N) is 2. The van der Waals surface area contributed by atoms with Crippen molar-refractivity contribution in [3.63, 3.8) is 0 Å². The van der Waals surface area contributed by atoms with E-state index in [1.54, 1.807) is 36.3 Å². The van der Waals surface area contributed by atoms with Crippen LogP contribution in [0.4, 0.5) is 10.5 Å². The number of carbonyl (C=O) groups excluding carboxylic acids is 2. The maximum atomic E-state index is 12.6. The van der Waals surface area contributed by atoms with E-state index in [1.165, 1.54) is 0 Å². The Morgan fingerprint density at radius 1 is 1.32 bits per heavy atom. The van der Waals surface area contributed by atoms with Crippen molar-refractivity contribution in [1.82, 2.24) is 10.2 Å². The molecule has 1 aromatic carbocycles. The van der Waals surface area contributed by atoms with Crippen LogP contribution in [0.25, 0.3) is 0 Å². The van der Waals surface area contributed by atoms with Crippen LogP contribution >= 0.6 is 0 Å². The second-order valence-electron chi connectivity index (χ2n) is 6.18. The van der Waals surface area contributed by atoms with Crippen LogP contribution in [-0.2, 0) is 9.53 Å². The van der Waals surface area contributed by atoms with Gasteiger partial charge < -0.3 is 20.3 Å². The van der Waals surface area contributed by atoms with E-state index in [1.807, 2.05) is 13.0 Å². The first-order chi connectivity index (χ1) is 12.0. The Labute approximate surface area is 147 Å². The molecule has 1 saturated heterocycles. The van der Waals surface area contributed by atoms with E-state index in [0.717, 1.165) is 12.8 Å². The van der Waals surface area contributed by atoms with Gasteiger partial charge in [0.25, 0.3) is 0 Å². The van der Waals surface area contributed by atoms with Crippen LogP contribution in [0, 0.1) is 17.2 Å². The predicted molar refractivity (Wildman–Crippen MR) is 94.0 cm³/mol. The maximum Gasteiger partial charge on any atom is 0.322 e. The molecule has 1 aromatic rings. The molecule has 7 heteroatoms. The van der Waals surface area contributed by atoms with Gasteiger partial charge in [0.2, 0.25) is 5.91 Å². The number of benzene rings is 1. The lowest BCUT2D eigenvalue weighted by Crippen LogP contribution is -2.51. The first kappa shape index (κ1) is 18.7. The van der Waals surface area contributed by atoms with Crippen LogP contribution in [-0.4, -0.2) is 49.7 Å². The topological polar surface area (TPSA) is 94.5 Å². The summed E-state index contributed by atoms with van der Waals surface area (Å²) in [7, 11) is 1.59. The smallest absolute Gasteiger partial charge is 0.322 e. The fraction of sp³-hybridized carbons (Fsp3) is 0.500. The minimum atomic E-state index is -0.230. The van der Waals surface area contributed by atoms with Gasteiger partial charge in [0, 0.05) is 31.9 Å². The highest BCUT2D eigenvalue weighted by molar-refractivity contribution is 5.90. The van der Waals surface area contributed by atoms with Gasteiger partial charge in [0.05, 0.1) is 24.2 Å². The molecule has 0 saturated carbocycles. The van der Waals surface area contributed by atoms with E-state index in [2.05, 4.69) is 10.6 Å². The molecule has 1 fully saturated rings. The Morgan fingerprint density at radius 2 is 2.04 bits per heavy atom. The molecule has 1 heterocycles. The Kier molecular flexibility index (Phi) is 6.78. The standard InChI is InChI=1S/C18H24N4O3/c1-13-3-6-15(17(23)20-9-10-25-2)12-22(13)18(24)21-16-7-4-14(11-19)5-8-16/h4-5,7-8,13,15H,3,6,9-10,12H2,1-2H3,(H,20,23)(H,21,24)/t13-,15+/m1/s1. The average Bonchev–Trinajstić information content (AvgIpc) is 2.62. The molecule has 2 atom stereocenters. The molecule has 0 radical (unpaired) electrons. The quantitative estimate of drug-likeness (QED) is 0.798. The van der Waals surface area contributed by atoms with Crippen molar-refractivity contribution in [1.29, 1.82) is 5.26 Å². The number of likely N-dealkylation sites (tertiary alicyclic amines) is 1. The number of hydrogen-bond acceptors (Lipinski definition) is 4. The molecule has 2 N–H and O–H groups in total. The number of methoxy groups -OCH3 is 1. The number of anilines is 1. The molecule has 0 aliphatic carbocycles. The Bertz CT molecular complexity index is 639. The van der Waals surface area contributed by atoms with Gasteiger partial charge >= 0.3 is 6.03 Å². The van der Waals surface area contributed by atoms with Crippen LogP contribution in [0.2, 0.25) is 0 Å². The van der Waals surface area contributed by atoms with Gasteiger partial charge in [-0.3, -0.25) is 4.79 Å². The summed E-state index contributed by atoms with van der Waals surface area (Å²) in [6, 6.07) is 8.58. The zero-order chi connectivity index (χ0) is 18.2. The zero-order valence-corrected chi connectivity index (χ0v) is 14.6. The fourth-order valence-corrected chi connectivity index (χ4v) is 2.85. The highest BCUT2D eigenvalue weighted by Gasteiger charge is 2.32. The van der Waals surface area contributed by atoms with Crippen LogP contribution in [0.1, 0.15) is 25.3 Å². The van der Waals surface area contributed by atoms with E-state index in [9.17, 15) is 9.59 Å². The minimum Gasteiger partial charge on any atom is -0.383 e. The Balaban J connectivity index is 1.94. The Morgan fingerprint density at radius 3 is 2.68 bits per heavy atom. The molecule has 0 bridgehead atoms. The number of hydrogen-bond donors (Lipinski definition) is 2. The molecular weight excluding hydrogens is 320 g/mol. The highest BCUT2D eigenvalue weighted by atomic mass is 16.5. The van der Waals surface area contributed by atoms with Gasteiger partial charge in [-0.1, -0.05) is 0 Å². The third-order valence-corrected chi connectivity index (χ3v) is 4.38. The molecule has 0 aromatic heterocycles. The van der Waals surface area contributed by atoms with Gasteiger partial charge in [0.1, 0.15) is 0 Å². The van der Waals surface area contributed by atoms with Crippen molar-refractivity contribution in [2.24, 2.45) is 5.92 Å². The molecule has 2 rings (SSSR count). The lowest BCUT2D eigenvalue weighted by Gasteiger charge is -2.37. The average molecular weight is 344 g/mol. The van der Waals surface area contributed by atoms with Gasteiger partial charge in [-0.15, -0.1) is 0 Å². The van der Waals surface area contributed by atoms with E-state index < -0.39 is 0 Å². The zero-order valence-electron chi connectivity index (χ0n) is 14.6. The Hall–Kier alpha value is -2.59. The normalized spacial score (nSPS) is 19.8. The molecule has 1 aliphatic rings. The number of piperidine rings is 1. The third-order valence-electron chi connectivity index (χ3n) is 4.38. The van der Waals surface area contributed by atoms with Crippen molar-refractivity contribution < 1.29 is 14.3 Å². The summed E-state index contributed by atoms with van der Waals surface area (Å²) in [4.78, 5) is 26.5. The van der Waals surface area contributed by atoms with Crippen LogP contribution < -0.4 is 10.6 Å². The molecular formula is C18H24N4O3. The summed E-state index contributed by atoms with van der Waals surface area (Å²) < 4.78 is 4.93. The van der Waals surface area contributed by atoms with E-state index in [4.69, 9.17) is 10.00 Å². The third kappa shape index (κ3) is 5.19. The number of carbonyl (C=O) groups is 2. The molecule has 7 nitrogen and oxygen atoms in total. The largest absolute Gasteiger partial charge is 0.383 e. The van der Waals surface area contributed by atoms with Crippen LogP contribution in [0.15, 0.2) is 24.3 Å². The molecule has 25 heavy (non-hydrogen) atoms. The summed E-state index contributed by atoms with van der Waals surface area (Å²) in [6.45, 7) is 3.32. The molecule has 0 spiro atoms. The summed E-state index contributed by atoms with van der Waals surface area (Å²) in [6.07, 6.45) is 1.55. The first-order valence-electron chi connectivity index (χ1n) is 8.39. The van der Waals surface area contributed by atoms with Gasteiger partial charge in [-0.25, -0.2) is 4.79 Å². The summed E-state index contributed by atoms with van der Waals surface area (Å²) in [5.74, 6) is -0.250. The van der Waals surface area contributed by atoms with E-state index in [0.29, 0.717) is 30.9 Å². The van der Waals surface area contributed by atoms with E-state index in [-0.39, 0.29) is 23.9 Å². The monoisotopic (exact) mass is 344 g/mol. The second-order valence-corrected chi connectivity index (χ2v) is 6.18. The SMILES string of the molecule is COCCNC(=O)[C@H]1CC[C@@H](C)N(C(=O)Nc2ccc(C#N)cc2)C1. The van der Waals surface area contributed by atoms with Crippen LogP contribution in [0.5, 0.6) is 0 Å². The van der Waals surface area contributed by atoms with Crippen LogP contribution in [0.3, 0.4) is 0 Å². The van der Waals surface area contributed by atoms with Crippen molar-refractivity contribution in [3.05, 3.63) is 29.8 Å². The summed E-state index contributed by atoms with van der Waals surface area (Å²) in [5, 5.41) is 14.5. The van der Waals surface area contributed by atoms with Crippen molar-refractivity contribution >= 4 is 17.6 Å². The lowest BCUT2D eigenvalue weighted by atomic mass is 9.93. The fourth-order valence-electron chi connectivity index (χ4n) is 2.85. The second kappa shape index (κ2) is 9.04. The highest BCUT2D eigenvalue weighted by Crippen LogP contribution is 2.23. The number of rotatable bonds is 5. The predicted octanol–water partition coefficient (Wildman–Crippen LogP) is 1.95. The number of ether oxygens (including phenoxy) is 1. The number of urea groups is 1. The summed E-state index contributed by atoms with van der Waals surface area (Å²) in [5.41, 5.74) is 1.17. The number of nitriles is 1. The van der Waals surface area contributed by atoms with Crippen molar-refractivity contribution in [3.8, 4) is 6.07 Å². The number of nitrogens with zero attached hydrogens (tertiary/aromatic N) is 2. The van der Waals surface area contributed by atoms with Gasteiger partial charge in [-0.05, 0) is 44.0 Å². The summed E-state index contributed by atoms with van der Waals surface area (Å²) >= 11 is 0. The maximum absolute atomic E-state index is 12.6. The lowest BCUT2D eigenvalue weighted by molar-refractivity contribution is -0.126. The van der Waals surface area contributed by atoms with Gasteiger partial charge in [0.15, 0.2) is 0 Å². The molecule has 1 aliphatic heterocycles. The number of amides is 3. The van der Waals surface area contributed by atoms with Crippen molar-refractivity contribution in [2.45, 2.75) is 25.8 Å². The molecule has 3 amide bonds. The molecule has 134 valence electrons. The van der Waals surface area contributed by atoms with Crippen molar-refractivity contribution in [2.75, 3.05) is 32.1 Å². The minimum absolute atomic E-state index is 0.0416.